The van der Waals surface area contributed by atoms with E-state index in [0.717, 1.165) is 92.8 Å². The van der Waals surface area contributed by atoms with Gasteiger partial charge in [0.05, 0.1) is 29.5 Å². The summed E-state index contributed by atoms with van der Waals surface area (Å²) in [4.78, 5) is 16.2. The molecule has 6 heterocycles. The Balaban J connectivity index is 1.14. The number of benzene rings is 1. The molecule has 0 atom stereocenters. The molecule has 1 spiro atoms. The average Bonchev–Trinajstić information content (AvgIpc) is 3.67. The Morgan fingerprint density at radius 3 is 2.49 bits per heavy atom. The first-order valence-electron chi connectivity index (χ1n) is 14.4. The van der Waals surface area contributed by atoms with E-state index in [-0.39, 0.29) is 11.3 Å². The van der Waals surface area contributed by atoms with Crippen molar-refractivity contribution in [3.8, 4) is 28.3 Å². The summed E-state index contributed by atoms with van der Waals surface area (Å²) in [6, 6.07) is 13.5. The number of rotatable bonds is 5. The lowest BCUT2D eigenvalue weighted by molar-refractivity contribution is -0.139. The van der Waals surface area contributed by atoms with Crippen molar-refractivity contribution in [3.63, 3.8) is 0 Å². The highest BCUT2D eigenvalue weighted by Gasteiger charge is 2.46. The van der Waals surface area contributed by atoms with Crippen LogP contribution in [-0.2, 0) is 9.53 Å². The summed E-state index contributed by atoms with van der Waals surface area (Å²) in [5.74, 6) is 0.0396. The van der Waals surface area contributed by atoms with Crippen LogP contribution in [0.25, 0.3) is 27.8 Å². The van der Waals surface area contributed by atoms with Crippen LogP contribution >= 0.6 is 0 Å². The van der Waals surface area contributed by atoms with Crippen LogP contribution in [0.4, 0.5) is 5.69 Å². The highest BCUT2D eigenvalue weighted by molar-refractivity contribution is 5.88. The third kappa shape index (κ3) is 4.58. The average molecular weight is 548 g/mol. The van der Waals surface area contributed by atoms with Crippen LogP contribution in [0.2, 0.25) is 0 Å². The Hall–Kier alpha value is -4.42. The maximum Gasteiger partial charge on any atom is 0.245 e. The molecule has 0 bridgehead atoms. The molecule has 0 unspecified atom stereocenters. The molecule has 3 aliphatic rings. The first kappa shape index (κ1) is 25.5. The number of piperidine rings is 1. The van der Waals surface area contributed by atoms with E-state index in [4.69, 9.17) is 4.74 Å². The fraction of sp³-hybridized carbons (Fsp3) is 0.375. The van der Waals surface area contributed by atoms with E-state index in [1.165, 1.54) is 11.8 Å². The van der Waals surface area contributed by atoms with Crippen molar-refractivity contribution in [2.75, 3.05) is 44.3 Å². The van der Waals surface area contributed by atoms with Crippen LogP contribution in [0.5, 0.6) is 0 Å². The Kier molecular flexibility index (Phi) is 6.36. The monoisotopic (exact) mass is 547 g/mol. The predicted molar refractivity (Wildman–Crippen MR) is 156 cm³/mol. The second kappa shape index (κ2) is 10.2. The Morgan fingerprint density at radius 2 is 1.78 bits per heavy atom. The summed E-state index contributed by atoms with van der Waals surface area (Å²) >= 11 is 0. The molecule has 208 valence electrons. The number of pyridine rings is 1. The predicted octanol–water partition coefficient (Wildman–Crippen LogP) is 4.70. The standard InChI is InChI=1S/C32H33N7O2/c1-2-30(40)37-21-32(22-37)9-11-36(12-10-32)27-5-3-23(4-6-27)29-15-24(19-39-31(29)25(16-33)17-35-39)26-18-34-38(20-26)28-7-13-41-14-8-28/h2-6,15,17-20,28H,1,7-14,21-22H2. The van der Waals surface area contributed by atoms with Gasteiger partial charge in [-0.2, -0.15) is 15.5 Å². The molecule has 4 aromatic rings. The third-order valence-electron chi connectivity index (χ3n) is 9.14. The maximum absolute atomic E-state index is 11.9. The number of carbonyl (C=O) groups excluding carboxylic acids is 1. The number of carbonyl (C=O) groups is 1. The Labute approximate surface area is 239 Å². The molecule has 9 heteroatoms. The second-order valence-corrected chi connectivity index (χ2v) is 11.6. The van der Waals surface area contributed by atoms with E-state index in [9.17, 15) is 10.1 Å². The lowest BCUT2D eigenvalue weighted by Gasteiger charge is -2.54. The molecule has 41 heavy (non-hydrogen) atoms. The van der Waals surface area contributed by atoms with Crippen LogP contribution in [0.15, 0.2) is 67.8 Å². The molecule has 0 radical (unpaired) electrons. The number of hydrogen-bond donors (Lipinski definition) is 0. The normalized spacial score (nSPS) is 18.8. The van der Waals surface area contributed by atoms with Crippen molar-refractivity contribution >= 4 is 17.1 Å². The van der Waals surface area contributed by atoms with Gasteiger partial charge in [-0.1, -0.05) is 18.7 Å². The number of nitrogens with zero attached hydrogens (tertiary/aromatic N) is 7. The van der Waals surface area contributed by atoms with Crippen LogP contribution < -0.4 is 4.90 Å². The maximum atomic E-state index is 11.9. The van der Waals surface area contributed by atoms with Gasteiger partial charge in [0, 0.05) is 79.6 Å². The zero-order chi connectivity index (χ0) is 28.0. The van der Waals surface area contributed by atoms with Crippen LogP contribution in [0.3, 0.4) is 0 Å². The summed E-state index contributed by atoms with van der Waals surface area (Å²) in [5, 5.41) is 19.0. The van der Waals surface area contributed by atoms with Gasteiger partial charge in [0.1, 0.15) is 6.07 Å². The van der Waals surface area contributed by atoms with E-state index in [2.05, 4.69) is 69.0 Å². The SMILES string of the molecule is C=CC(=O)N1CC2(CCN(c3ccc(-c4cc(-c5cnn(C6CCOCC6)c5)cn5ncc(C#N)c45)cc3)CC2)C1. The number of amides is 1. The fourth-order valence-corrected chi connectivity index (χ4v) is 6.67. The van der Waals surface area contributed by atoms with Crippen molar-refractivity contribution in [2.45, 2.75) is 31.7 Å². The smallest absolute Gasteiger partial charge is 0.245 e. The van der Waals surface area contributed by atoms with E-state index >= 15 is 0 Å². The van der Waals surface area contributed by atoms with Crippen LogP contribution in [0, 0.1) is 16.7 Å². The number of hydrogen-bond acceptors (Lipinski definition) is 6. The third-order valence-corrected chi connectivity index (χ3v) is 9.14. The molecule has 0 N–H and O–H groups in total. The minimum atomic E-state index is 0.0396. The van der Waals surface area contributed by atoms with Gasteiger partial charge < -0.3 is 14.5 Å². The molecule has 0 saturated carbocycles. The molecule has 9 nitrogen and oxygen atoms in total. The van der Waals surface area contributed by atoms with E-state index in [1.54, 1.807) is 6.20 Å². The van der Waals surface area contributed by atoms with Gasteiger partial charge in [0.25, 0.3) is 0 Å². The van der Waals surface area contributed by atoms with E-state index in [0.29, 0.717) is 11.6 Å². The molecular weight excluding hydrogens is 514 g/mol. The van der Waals surface area contributed by atoms with Crippen LogP contribution in [0.1, 0.15) is 37.3 Å². The van der Waals surface area contributed by atoms with Crippen molar-refractivity contribution in [2.24, 2.45) is 5.41 Å². The van der Waals surface area contributed by atoms with Gasteiger partial charge in [-0.25, -0.2) is 4.52 Å². The Morgan fingerprint density at radius 1 is 1.02 bits per heavy atom. The van der Waals surface area contributed by atoms with Gasteiger partial charge in [-0.05, 0) is 55.5 Å². The summed E-state index contributed by atoms with van der Waals surface area (Å²) in [6.07, 6.45) is 13.1. The Bertz CT molecular complexity index is 1640. The number of likely N-dealkylation sites (tertiary alicyclic amines) is 1. The zero-order valence-corrected chi connectivity index (χ0v) is 23.1. The molecule has 7 rings (SSSR count). The lowest BCUT2D eigenvalue weighted by Crippen LogP contribution is -2.61. The van der Waals surface area contributed by atoms with E-state index in [1.807, 2.05) is 21.8 Å². The minimum absolute atomic E-state index is 0.0396. The largest absolute Gasteiger partial charge is 0.381 e. The summed E-state index contributed by atoms with van der Waals surface area (Å²) in [7, 11) is 0. The molecule has 3 fully saturated rings. The van der Waals surface area contributed by atoms with Crippen molar-refractivity contribution < 1.29 is 9.53 Å². The quantitative estimate of drug-likeness (QED) is 0.336. The number of aromatic nitrogens is 4. The molecule has 3 aliphatic heterocycles. The number of nitriles is 1. The highest BCUT2D eigenvalue weighted by Crippen LogP contribution is 2.42. The summed E-state index contributed by atoms with van der Waals surface area (Å²) in [5.41, 5.74) is 6.87. The van der Waals surface area contributed by atoms with Gasteiger partial charge in [0.2, 0.25) is 5.91 Å². The van der Waals surface area contributed by atoms with Crippen molar-refractivity contribution in [3.05, 3.63) is 73.3 Å². The van der Waals surface area contributed by atoms with E-state index < -0.39 is 0 Å². The highest BCUT2D eigenvalue weighted by atomic mass is 16.5. The topological polar surface area (TPSA) is 91.7 Å². The molecule has 3 aromatic heterocycles. The summed E-state index contributed by atoms with van der Waals surface area (Å²) < 4.78 is 9.39. The van der Waals surface area contributed by atoms with Gasteiger partial charge >= 0.3 is 0 Å². The first-order chi connectivity index (χ1) is 20.1. The number of fused-ring (bicyclic) bond motifs is 1. The first-order valence-corrected chi connectivity index (χ1v) is 14.4. The zero-order valence-electron chi connectivity index (χ0n) is 23.1. The van der Waals surface area contributed by atoms with Gasteiger partial charge in [-0.3, -0.25) is 9.48 Å². The summed E-state index contributed by atoms with van der Waals surface area (Å²) in [6.45, 7) is 8.80. The lowest BCUT2D eigenvalue weighted by atomic mass is 9.72. The minimum Gasteiger partial charge on any atom is -0.381 e. The van der Waals surface area contributed by atoms with Crippen molar-refractivity contribution in [1.29, 1.82) is 5.26 Å². The molecular formula is C32H33N7O2. The number of ether oxygens (including phenoxy) is 1. The fourth-order valence-electron chi connectivity index (χ4n) is 6.67. The van der Waals surface area contributed by atoms with Gasteiger partial charge in [-0.15, -0.1) is 0 Å². The molecule has 1 aromatic carbocycles. The van der Waals surface area contributed by atoms with Crippen molar-refractivity contribution in [1.82, 2.24) is 24.3 Å². The second-order valence-electron chi connectivity index (χ2n) is 11.6. The molecule has 3 saturated heterocycles. The molecule has 0 aliphatic carbocycles. The number of anilines is 1. The molecule has 1 amide bonds. The van der Waals surface area contributed by atoms with Gasteiger partial charge in [0.15, 0.2) is 0 Å². The van der Waals surface area contributed by atoms with Crippen LogP contribution in [-0.4, -0.2) is 69.6 Å².